The zero-order chi connectivity index (χ0) is 19.9. The van der Waals surface area contributed by atoms with Gasteiger partial charge in [-0.25, -0.2) is 4.98 Å². The third kappa shape index (κ3) is 5.14. The first-order valence-electron chi connectivity index (χ1n) is 8.17. The van der Waals surface area contributed by atoms with Crippen molar-refractivity contribution < 1.29 is 23.0 Å². The lowest BCUT2D eigenvalue weighted by atomic mass is 10.1. The highest BCUT2D eigenvalue weighted by Crippen LogP contribution is 2.27. The van der Waals surface area contributed by atoms with Crippen LogP contribution in [-0.2, 0) is 0 Å². The average molecular weight is 402 g/mol. The number of hydrogen-bond acceptors (Lipinski definition) is 6. The van der Waals surface area contributed by atoms with Crippen LogP contribution in [0.15, 0.2) is 66.2 Å². The number of ether oxygens (including phenoxy) is 2. The van der Waals surface area contributed by atoms with Crippen molar-refractivity contribution in [3.8, 4) is 22.8 Å². The van der Waals surface area contributed by atoms with Crippen LogP contribution in [0.25, 0.3) is 11.3 Å². The van der Waals surface area contributed by atoms with E-state index >= 15 is 0 Å². The molecule has 0 spiro atoms. The van der Waals surface area contributed by atoms with Gasteiger partial charge in [0.2, 0.25) is 0 Å². The highest BCUT2D eigenvalue weighted by atomic mass is 32.1. The van der Waals surface area contributed by atoms with E-state index in [4.69, 9.17) is 4.74 Å². The van der Waals surface area contributed by atoms with E-state index in [-0.39, 0.29) is 11.5 Å². The number of nitrogens with one attached hydrogen (secondary N) is 1. The second-order valence-electron chi connectivity index (χ2n) is 5.51. The number of benzene rings is 2. The van der Waals surface area contributed by atoms with E-state index < -0.39 is 6.61 Å². The molecule has 0 aliphatic rings. The fourth-order valence-corrected chi connectivity index (χ4v) is 3.02. The summed E-state index contributed by atoms with van der Waals surface area (Å²) in [6.07, 6.45) is 2.94. The third-order valence-corrected chi connectivity index (χ3v) is 4.47. The third-order valence-electron chi connectivity index (χ3n) is 3.70. The van der Waals surface area contributed by atoms with E-state index in [1.165, 1.54) is 35.7 Å². The monoisotopic (exact) mass is 402 g/mol. The SMILES string of the molecule is COc1ccc(C(=O)/C=C/Nc2nc(-c3ccc(OC(F)F)cc3)cs2)cc1. The molecule has 0 atom stereocenters. The first-order chi connectivity index (χ1) is 13.5. The van der Waals surface area contributed by atoms with Gasteiger partial charge in [-0.3, -0.25) is 4.79 Å². The fourth-order valence-electron chi connectivity index (χ4n) is 2.32. The summed E-state index contributed by atoms with van der Waals surface area (Å²) in [7, 11) is 1.56. The maximum Gasteiger partial charge on any atom is 0.387 e. The molecule has 0 aliphatic carbocycles. The molecule has 3 aromatic rings. The lowest BCUT2D eigenvalue weighted by molar-refractivity contribution is -0.0498. The van der Waals surface area contributed by atoms with Crippen molar-refractivity contribution in [2.24, 2.45) is 0 Å². The molecular formula is C20H16F2N2O3S. The van der Waals surface area contributed by atoms with Gasteiger partial charge in [-0.15, -0.1) is 11.3 Å². The minimum atomic E-state index is -2.85. The highest BCUT2D eigenvalue weighted by Gasteiger charge is 2.07. The number of ketones is 1. The zero-order valence-electron chi connectivity index (χ0n) is 14.8. The van der Waals surface area contributed by atoms with Gasteiger partial charge < -0.3 is 14.8 Å². The van der Waals surface area contributed by atoms with Crippen LogP contribution in [0.4, 0.5) is 13.9 Å². The van der Waals surface area contributed by atoms with Gasteiger partial charge in [0.05, 0.1) is 12.8 Å². The van der Waals surface area contributed by atoms with Gasteiger partial charge in [0.25, 0.3) is 0 Å². The normalized spacial score (nSPS) is 11.0. The predicted octanol–water partition coefficient (Wildman–Crippen LogP) is 5.23. The van der Waals surface area contributed by atoms with Crippen molar-refractivity contribution in [3.63, 3.8) is 0 Å². The van der Waals surface area contributed by atoms with Gasteiger partial charge in [0, 0.05) is 28.8 Å². The number of hydrogen-bond donors (Lipinski definition) is 1. The van der Waals surface area contributed by atoms with Crippen LogP contribution in [0.1, 0.15) is 10.4 Å². The Hall–Kier alpha value is -3.26. The van der Waals surface area contributed by atoms with E-state index in [2.05, 4.69) is 15.0 Å². The van der Waals surface area contributed by atoms with E-state index in [0.29, 0.717) is 22.1 Å². The van der Waals surface area contributed by atoms with E-state index in [1.54, 1.807) is 43.5 Å². The topological polar surface area (TPSA) is 60.5 Å². The Morgan fingerprint density at radius 3 is 2.43 bits per heavy atom. The van der Waals surface area contributed by atoms with Crippen LogP contribution in [0.5, 0.6) is 11.5 Å². The number of anilines is 1. The number of carbonyl (C=O) groups excluding carboxylic acids is 1. The van der Waals surface area contributed by atoms with E-state index in [1.807, 2.05) is 5.38 Å². The molecule has 0 bridgehead atoms. The molecule has 3 rings (SSSR count). The number of nitrogens with zero attached hydrogens (tertiary/aromatic N) is 1. The number of methoxy groups -OCH3 is 1. The molecule has 5 nitrogen and oxygen atoms in total. The smallest absolute Gasteiger partial charge is 0.387 e. The van der Waals surface area contributed by atoms with Crippen LogP contribution in [0.3, 0.4) is 0 Å². The van der Waals surface area contributed by atoms with Crippen molar-refractivity contribution in [2.75, 3.05) is 12.4 Å². The minimum absolute atomic E-state index is 0.0901. The van der Waals surface area contributed by atoms with Crippen LogP contribution in [-0.4, -0.2) is 24.5 Å². The zero-order valence-corrected chi connectivity index (χ0v) is 15.6. The number of carbonyl (C=O) groups is 1. The second kappa shape index (κ2) is 9.09. The predicted molar refractivity (Wildman–Crippen MR) is 104 cm³/mol. The maximum atomic E-state index is 12.2. The molecule has 28 heavy (non-hydrogen) atoms. The van der Waals surface area contributed by atoms with Crippen LogP contribution in [0.2, 0.25) is 0 Å². The summed E-state index contributed by atoms with van der Waals surface area (Å²) in [6.45, 7) is -2.85. The van der Waals surface area contributed by atoms with E-state index in [9.17, 15) is 13.6 Å². The molecule has 1 heterocycles. The number of allylic oxidation sites excluding steroid dienone is 1. The van der Waals surface area contributed by atoms with Gasteiger partial charge >= 0.3 is 6.61 Å². The second-order valence-corrected chi connectivity index (χ2v) is 6.37. The Balaban J connectivity index is 1.59. The molecule has 2 aromatic carbocycles. The van der Waals surface area contributed by atoms with Gasteiger partial charge in [0.15, 0.2) is 10.9 Å². The minimum Gasteiger partial charge on any atom is -0.497 e. The summed E-state index contributed by atoms with van der Waals surface area (Å²) < 4.78 is 33.8. The first kappa shape index (κ1) is 19.5. The van der Waals surface area contributed by atoms with Crippen LogP contribution >= 0.6 is 11.3 Å². The number of thiazole rings is 1. The molecule has 0 unspecified atom stereocenters. The molecule has 0 saturated heterocycles. The summed E-state index contributed by atoms with van der Waals surface area (Å²) in [6, 6.07) is 13.0. The fraction of sp³-hybridized carbons (Fsp3) is 0.100. The number of alkyl halides is 2. The average Bonchev–Trinajstić information content (AvgIpc) is 3.17. The molecule has 0 radical (unpaired) electrons. The summed E-state index contributed by atoms with van der Waals surface area (Å²) in [5.74, 6) is 0.622. The van der Waals surface area contributed by atoms with Gasteiger partial charge in [0.1, 0.15) is 11.5 Å². The summed E-state index contributed by atoms with van der Waals surface area (Å²) >= 11 is 1.36. The Bertz CT molecular complexity index is 954. The van der Waals surface area contributed by atoms with Crippen molar-refractivity contribution in [1.29, 1.82) is 0 Å². The molecule has 8 heteroatoms. The molecule has 0 amide bonds. The first-order valence-corrected chi connectivity index (χ1v) is 9.05. The molecule has 1 N–H and O–H groups in total. The van der Waals surface area contributed by atoms with Crippen molar-refractivity contribution in [1.82, 2.24) is 4.98 Å². The molecule has 0 saturated carbocycles. The van der Waals surface area contributed by atoms with E-state index in [0.717, 1.165) is 5.56 Å². The molecule has 0 fully saturated rings. The number of aromatic nitrogens is 1. The van der Waals surface area contributed by atoms with Crippen LogP contribution in [0, 0.1) is 0 Å². The van der Waals surface area contributed by atoms with Crippen molar-refractivity contribution >= 4 is 22.3 Å². The number of rotatable bonds is 8. The lowest BCUT2D eigenvalue weighted by Gasteiger charge is -2.04. The standard InChI is InChI=1S/C20H16F2N2O3S/c1-26-15-6-4-14(5-7-15)18(25)10-11-23-20-24-17(12-28-20)13-2-8-16(9-3-13)27-19(21)22/h2-12,19H,1H3,(H,23,24)/b11-10+. The molecule has 144 valence electrons. The Morgan fingerprint density at radius 2 is 1.79 bits per heavy atom. The Labute approximate surface area is 164 Å². The van der Waals surface area contributed by atoms with Crippen LogP contribution < -0.4 is 14.8 Å². The largest absolute Gasteiger partial charge is 0.497 e. The summed E-state index contributed by atoms with van der Waals surface area (Å²) in [5.41, 5.74) is 2.00. The van der Waals surface area contributed by atoms with Gasteiger partial charge in [-0.2, -0.15) is 8.78 Å². The quantitative estimate of drug-likeness (QED) is 0.413. The maximum absolute atomic E-state index is 12.2. The Kier molecular flexibility index (Phi) is 6.33. The summed E-state index contributed by atoms with van der Waals surface area (Å²) in [5, 5.41) is 5.38. The Morgan fingerprint density at radius 1 is 1.11 bits per heavy atom. The number of halogens is 2. The lowest BCUT2D eigenvalue weighted by Crippen LogP contribution is -2.01. The van der Waals surface area contributed by atoms with Crippen molar-refractivity contribution in [2.45, 2.75) is 6.61 Å². The molecule has 1 aromatic heterocycles. The molecule has 0 aliphatic heterocycles. The summed E-state index contributed by atoms with van der Waals surface area (Å²) in [4.78, 5) is 16.5. The highest BCUT2D eigenvalue weighted by molar-refractivity contribution is 7.14. The molecular weight excluding hydrogens is 386 g/mol. The van der Waals surface area contributed by atoms with Gasteiger partial charge in [-0.05, 0) is 48.5 Å². The van der Waals surface area contributed by atoms with Gasteiger partial charge in [-0.1, -0.05) is 0 Å². The van der Waals surface area contributed by atoms with Crippen molar-refractivity contribution in [3.05, 3.63) is 71.8 Å².